The monoisotopic (exact) mass is 403 g/mol. The van der Waals surface area contributed by atoms with Gasteiger partial charge in [-0.2, -0.15) is 0 Å². The number of rotatable bonds is 6. The van der Waals surface area contributed by atoms with Gasteiger partial charge in [0, 0.05) is 18.5 Å². The molecule has 0 bridgehead atoms. The van der Waals surface area contributed by atoms with Crippen LogP contribution in [-0.4, -0.2) is 69.6 Å². The summed E-state index contributed by atoms with van der Waals surface area (Å²) >= 11 is 0. The van der Waals surface area contributed by atoms with Crippen LogP contribution in [0.25, 0.3) is 10.9 Å². The summed E-state index contributed by atoms with van der Waals surface area (Å²) in [5, 5.41) is 22.8. The zero-order chi connectivity index (χ0) is 21.2. The number of amides is 1. The Morgan fingerprint density at radius 2 is 2.00 bits per heavy atom. The van der Waals surface area contributed by atoms with Gasteiger partial charge in [-0.25, -0.2) is 14.6 Å². The van der Waals surface area contributed by atoms with Crippen molar-refractivity contribution in [2.45, 2.75) is 38.5 Å². The van der Waals surface area contributed by atoms with Crippen molar-refractivity contribution < 1.29 is 29.3 Å². The quantitative estimate of drug-likeness (QED) is 0.627. The van der Waals surface area contributed by atoms with Gasteiger partial charge in [0.1, 0.15) is 23.8 Å². The third-order valence-electron chi connectivity index (χ3n) is 4.25. The highest BCUT2D eigenvalue weighted by Crippen LogP contribution is 2.23. The van der Waals surface area contributed by atoms with Crippen molar-refractivity contribution in [2.75, 3.05) is 25.0 Å². The maximum atomic E-state index is 11.8. The molecule has 1 saturated heterocycles. The van der Waals surface area contributed by atoms with E-state index in [0.717, 1.165) is 10.9 Å². The number of aliphatic hydroxyl groups is 1. The number of aromatic nitrogens is 1. The Morgan fingerprint density at radius 1 is 1.28 bits per heavy atom. The number of carbonyl (C=O) groups excluding carboxylic acids is 1. The molecule has 0 spiro atoms. The highest BCUT2D eigenvalue weighted by molar-refractivity contribution is 5.82. The van der Waals surface area contributed by atoms with Crippen molar-refractivity contribution in [3.63, 3.8) is 0 Å². The average Bonchev–Trinajstić information content (AvgIpc) is 2.60. The number of fused-ring (bicyclic) bond motifs is 1. The highest BCUT2D eigenvalue weighted by atomic mass is 16.6. The fourth-order valence-corrected chi connectivity index (χ4v) is 2.82. The number of aliphatic hydroxyl groups excluding tert-OH is 1. The molecule has 9 nitrogen and oxygen atoms in total. The molecule has 156 valence electrons. The third kappa shape index (κ3) is 5.47. The van der Waals surface area contributed by atoms with Gasteiger partial charge >= 0.3 is 12.1 Å². The van der Waals surface area contributed by atoms with Crippen LogP contribution in [0.2, 0.25) is 0 Å². The first kappa shape index (κ1) is 20.7. The topological polar surface area (TPSA) is 121 Å². The van der Waals surface area contributed by atoms with Crippen molar-refractivity contribution in [2.24, 2.45) is 0 Å². The number of ether oxygens (including phenoxy) is 2. The number of esters is 1. The van der Waals surface area contributed by atoms with Crippen LogP contribution < -0.4 is 10.1 Å². The number of benzene rings is 1. The Labute approximate surface area is 168 Å². The first-order valence-electron chi connectivity index (χ1n) is 9.30. The lowest BCUT2D eigenvalue weighted by molar-refractivity contribution is -0.166. The largest absolute Gasteiger partial charge is 0.490 e. The third-order valence-corrected chi connectivity index (χ3v) is 4.25. The predicted octanol–water partition coefficient (Wildman–Crippen LogP) is 2.09. The predicted molar refractivity (Wildman–Crippen MR) is 106 cm³/mol. The zero-order valence-electron chi connectivity index (χ0n) is 16.6. The lowest BCUT2D eigenvalue weighted by Crippen LogP contribution is -2.56. The molecule has 3 rings (SSSR count). The zero-order valence-corrected chi connectivity index (χ0v) is 16.6. The number of nitrogens with zero attached hydrogens (tertiary/aromatic N) is 2. The van der Waals surface area contributed by atoms with Crippen LogP contribution in [0.4, 0.5) is 10.6 Å². The van der Waals surface area contributed by atoms with E-state index < -0.39 is 23.8 Å². The Morgan fingerprint density at radius 3 is 2.66 bits per heavy atom. The molecule has 2 aromatic rings. The number of anilines is 1. The molecule has 0 saturated carbocycles. The SMILES string of the molecule is CC(C)(C)OC(=O)[C@H](O)COc1ccc2nc(NC3CN(C(=O)O)C3)ccc2c1. The Bertz CT molecular complexity index is 905. The smallest absolute Gasteiger partial charge is 0.407 e. The van der Waals surface area contributed by atoms with Gasteiger partial charge in [0.2, 0.25) is 0 Å². The minimum Gasteiger partial charge on any atom is -0.490 e. The van der Waals surface area contributed by atoms with Gasteiger partial charge in [-0.3, -0.25) is 0 Å². The molecule has 1 aromatic heterocycles. The van der Waals surface area contributed by atoms with E-state index >= 15 is 0 Å². The maximum Gasteiger partial charge on any atom is 0.407 e. The van der Waals surface area contributed by atoms with E-state index in [1.807, 2.05) is 12.1 Å². The van der Waals surface area contributed by atoms with Gasteiger partial charge in [0.05, 0.1) is 11.6 Å². The first-order valence-corrected chi connectivity index (χ1v) is 9.30. The number of hydrogen-bond acceptors (Lipinski definition) is 7. The maximum absolute atomic E-state index is 11.8. The number of hydrogen-bond donors (Lipinski definition) is 3. The normalized spacial score (nSPS) is 15.5. The lowest BCUT2D eigenvalue weighted by Gasteiger charge is -2.37. The first-order chi connectivity index (χ1) is 13.6. The Balaban J connectivity index is 1.56. The molecule has 1 fully saturated rings. The van der Waals surface area contributed by atoms with E-state index in [4.69, 9.17) is 14.6 Å². The molecule has 3 N–H and O–H groups in total. The van der Waals surface area contributed by atoms with Crippen molar-refractivity contribution in [1.82, 2.24) is 9.88 Å². The minimum atomic E-state index is -1.37. The molecule has 29 heavy (non-hydrogen) atoms. The number of likely N-dealkylation sites (tertiary alicyclic amines) is 1. The number of pyridine rings is 1. The van der Waals surface area contributed by atoms with Crippen molar-refractivity contribution in [3.8, 4) is 5.75 Å². The standard InChI is InChI=1S/C20H25N3O6/c1-20(2,3)29-18(25)16(24)11-28-14-5-6-15-12(8-14)4-7-17(22-15)21-13-9-23(10-13)19(26)27/h4-8,13,16,24H,9-11H2,1-3H3,(H,21,22)(H,26,27)/t16-/m1/s1. The van der Waals surface area contributed by atoms with E-state index in [1.165, 1.54) is 4.90 Å². The molecule has 1 amide bonds. The molecular formula is C20H25N3O6. The van der Waals surface area contributed by atoms with Crippen LogP contribution in [-0.2, 0) is 9.53 Å². The average molecular weight is 403 g/mol. The van der Waals surface area contributed by atoms with Gasteiger partial charge in [-0.1, -0.05) is 0 Å². The molecule has 0 radical (unpaired) electrons. The summed E-state index contributed by atoms with van der Waals surface area (Å²) in [5.41, 5.74) is 0.0635. The second-order valence-corrected chi connectivity index (χ2v) is 7.94. The van der Waals surface area contributed by atoms with Gasteiger partial charge < -0.3 is 29.9 Å². The second-order valence-electron chi connectivity index (χ2n) is 7.94. The van der Waals surface area contributed by atoms with E-state index in [1.54, 1.807) is 39.0 Å². The number of carbonyl (C=O) groups is 2. The Kier molecular flexibility index (Phi) is 5.78. The summed E-state index contributed by atoms with van der Waals surface area (Å²) in [6.07, 6.45) is -2.29. The van der Waals surface area contributed by atoms with E-state index in [-0.39, 0.29) is 12.6 Å². The van der Waals surface area contributed by atoms with Crippen LogP contribution in [0.5, 0.6) is 5.75 Å². The molecule has 1 aliphatic rings. The summed E-state index contributed by atoms with van der Waals surface area (Å²) in [5.74, 6) is 0.438. The van der Waals surface area contributed by atoms with Gasteiger partial charge in [0.15, 0.2) is 6.10 Å². The fraction of sp³-hybridized carbons (Fsp3) is 0.450. The van der Waals surface area contributed by atoms with Crippen molar-refractivity contribution >= 4 is 28.8 Å². The van der Waals surface area contributed by atoms with Crippen LogP contribution in [0, 0.1) is 0 Å². The second kappa shape index (κ2) is 8.12. The Hall–Kier alpha value is -3.07. The summed E-state index contributed by atoms with van der Waals surface area (Å²) in [7, 11) is 0. The van der Waals surface area contributed by atoms with E-state index in [9.17, 15) is 14.7 Å². The fourth-order valence-electron chi connectivity index (χ4n) is 2.82. The molecular weight excluding hydrogens is 378 g/mol. The summed E-state index contributed by atoms with van der Waals surface area (Å²) in [6.45, 7) is 5.83. The van der Waals surface area contributed by atoms with Crippen LogP contribution in [0.15, 0.2) is 30.3 Å². The van der Waals surface area contributed by atoms with Crippen LogP contribution in [0.1, 0.15) is 20.8 Å². The molecule has 1 aromatic carbocycles. The molecule has 2 heterocycles. The molecule has 0 aliphatic carbocycles. The summed E-state index contributed by atoms with van der Waals surface area (Å²) in [6, 6.07) is 8.98. The molecule has 9 heteroatoms. The highest BCUT2D eigenvalue weighted by Gasteiger charge is 2.30. The number of nitrogens with one attached hydrogen (secondary N) is 1. The van der Waals surface area contributed by atoms with Crippen molar-refractivity contribution in [1.29, 1.82) is 0 Å². The molecule has 1 aliphatic heterocycles. The van der Waals surface area contributed by atoms with Gasteiger partial charge in [0.25, 0.3) is 0 Å². The van der Waals surface area contributed by atoms with E-state index in [0.29, 0.717) is 24.7 Å². The van der Waals surface area contributed by atoms with Crippen molar-refractivity contribution in [3.05, 3.63) is 30.3 Å². The van der Waals surface area contributed by atoms with Gasteiger partial charge in [-0.05, 0) is 51.1 Å². The van der Waals surface area contributed by atoms with Crippen LogP contribution >= 0.6 is 0 Å². The summed E-state index contributed by atoms with van der Waals surface area (Å²) in [4.78, 5) is 28.5. The number of carboxylic acid groups (broad SMARTS) is 1. The minimum absolute atomic E-state index is 0.0491. The van der Waals surface area contributed by atoms with Gasteiger partial charge in [-0.15, -0.1) is 0 Å². The molecule has 1 atom stereocenters. The van der Waals surface area contributed by atoms with Crippen LogP contribution in [0.3, 0.4) is 0 Å². The van der Waals surface area contributed by atoms with E-state index in [2.05, 4.69) is 10.3 Å². The lowest BCUT2D eigenvalue weighted by atomic mass is 10.1. The molecule has 0 unspecified atom stereocenters. The summed E-state index contributed by atoms with van der Waals surface area (Å²) < 4.78 is 10.6.